The molecule has 1 fully saturated rings. The number of likely N-dealkylation sites (N-methyl/N-ethyl adjacent to an activating group) is 1. The van der Waals surface area contributed by atoms with Gasteiger partial charge < -0.3 is 9.47 Å². The number of rotatable bonds is 3. The zero-order valence-electron chi connectivity index (χ0n) is 12.8. The Labute approximate surface area is 129 Å². The number of piperazine rings is 1. The first-order chi connectivity index (χ1) is 9.43. The van der Waals surface area contributed by atoms with Gasteiger partial charge in [-0.25, -0.2) is 0 Å². The minimum atomic E-state index is 0.145. The van der Waals surface area contributed by atoms with Crippen LogP contribution in [0.5, 0.6) is 0 Å². The van der Waals surface area contributed by atoms with Gasteiger partial charge in [-0.3, -0.25) is 9.69 Å². The van der Waals surface area contributed by atoms with Crippen LogP contribution in [-0.2, 0) is 0 Å². The van der Waals surface area contributed by atoms with Crippen LogP contribution in [-0.4, -0.2) is 52.5 Å². The molecule has 1 aromatic rings. The first kappa shape index (κ1) is 15.6. The molecule has 20 heavy (non-hydrogen) atoms. The van der Waals surface area contributed by atoms with Gasteiger partial charge >= 0.3 is 0 Å². The van der Waals surface area contributed by atoms with Crippen LogP contribution in [0.4, 0.5) is 0 Å². The van der Waals surface area contributed by atoms with E-state index in [-0.39, 0.29) is 11.9 Å². The van der Waals surface area contributed by atoms with Gasteiger partial charge in [0, 0.05) is 42.4 Å². The third-order valence-corrected chi connectivity index (χ3v) is 4.48. The van der Waals surface area contributed by atoms with E-state index in [2.05, 4.69) is 48.5 Å². The van der Waals surface area contributed by atoms with Gasteiger partial charge in [0.25, 0.3) is 5.91 Å². The molecule has 1 aromatic heterocycles. The summed E-state index contributed by atoms with van der Waals surface area (Å²) in [6.07, 6.45) is 1.99. The van der Waals surface area contributed by atoms with Crippen LogP contribution >= 0.6 is 15.9 Å². The van der Waals surface area contributed by atoms with Crippen LogP contribution in [0.25, 0.3) is 0 Å². The predicted octanol–water partition coefficient (Wildman–Crippen LogP) is 3.00. The lowest BCUT2D eigenvalue weighted by Gasteiger charge is -2.39. The van der Waals surface area contributed by atoms with Gasteiger partial charge in [0.1, 0.15) is 5.69 Å². The van der Waals surface area contributed by atoms with Crippen LogP contribution in [0.3, 0.4) is 0 Å². The van der Waals surface area contributed by atoms with Gasteiger partial charge in [0.15, 0.2) is 0 Å². The summed E-state index contributed by atoms with van der Waals surface area (Å²) >= 11 is 3.48. The number of halogens is 1. The van der Waals surface area contributed by atoms with Crippen molar-refractivity contribution in [3.05, 3.63) is 22.4 Å². The number of carbonyl (C=O) groups is 1. The molecular formula is C15H24BrN3O. The molecule has 0 spiro atoms. The Balaban J connectivity index is 2.16. The van der Waals surface area contributed by atoms with Gasteiger partial charge in [-0.2, -0.15) is 0 Å². The molecular weight excluding hydrogens is 318 g/mol. The van der Waals surface area contributed by atoms with E-state index in [0.717, 1.165) is 36.3 Å². The Morgan fingerprint density at radius 2 is 2.15 bits per heavy atom. The number of aromatic nitrogens is 1. The van der Waals surface area contributed by atoms with E-state index in [1.807, 2.05) is 21.7 Å². The maximum absolute atomic E-state index is 12.7. The van der Waals surface area contributed by atoms with Crippen LogP contribution in [0.2, 0.25) is 0 Å². The number of carbonyl (C=O) groups excluding carboxylic acids is 1. The van der Waals surface area contributed by atoms with Crippen LogP contribution in [0.15, 0.2) is 16.7 Å². The molecule has 1 amide bonds. The van der Waals surface area contributed by atoms with E-state index in [4.69, 9.17) is 0 Å². The standard InChI is InChI=1S/C15H24BrN3O/c1-5-17-6-7-18(9-12(17)4)15(20)14-8-13(16)10-19(14)11(2)3/h8,10-12H,5-7,9H2,1-4H3. The summed E-state index contributed by atoms with van der Waals surface area (Å²) in [6, 6.07) is 2.65. The van der Waals surface area contributed by atoms with Crippen molar-refractivity contribution in [2.24, 2.45) is 0 Å². The lowest BCUT2D eigenvalue weighted by atomic mass is 10.2. The summed E-state index contributed by atoms with van der Waals surface area (Å²) in [5.41, 5.74) is 0.782. The second kappa shape index (κ2) is 6.31. The van der Waals surface area contributed by atoms with Crippen LogP contribution in [0, 0.1) is 0 Å². The average molecular weight is 342 g/mol. The maximum Gasteiger partial charge on any atom is 0.270 e. The Bertz CT molecular complexity index is 483. The molecule has 1 unspecified atom stereocenters. The van der Waals surface area contributed by atoms with E-state index < -0.39 is 0 Å². The van der Waals surface area contributed by atoms with Crippen molar-refractivity contribution in [1.29, 1.82) is 0 Å². The normalized spacial score (nSPS) is 20.7. The van der Waals surface area contributed by atoms with Gasteiger partial charge in [-0.15, -0.1) is 0 Å². The molecule has 0 saturated carbocycles. The molecule has 1 saturated heterocycles. The Kier molecular flexibility index (Phi) is 4.91. The highest BCUT2D eigenvalue weighted by atomic mass is 79.9. The van der Waals surface area contributed by atoms with Gasteiger partial charge in [-0.05, 0) is 49.3 Å². The lowest BCUT2D eigenvalue weighted by Crippen LogP contribution is -2.53. The highest BCUT2D eigenvalue weighted by molar-refractivity contribution is 9.10. The molecule has 4 nitrogen and oxygen atoms in total. The van der Waals surface area contributed by atoms with Crippen molar-refractivity contribution >= 4 is 21.8 Å². The van der Waals surface area contributed by atoms with Crippen molar-refractivity contribution in [1.82, 2.24) is 14.4 Å². The van der Waals surface area contributed by atoms with E-state index in [9.17, 15) is 4.79 Å². The van der Waals surface area contributed by atoms with Crippen molar-refractivity contribution in [3.63, 3.8) is 0 Å². The molecule has 1 aliphatic heterocycles. The molecule has 0 bridgehead atoms. The second-order valence-corrected chi connectivity index (χ2v) is 6.69. The van der Waals surface area contributed by atoms with E-state index in [1.54, 1.807) is 0 Å². The van der Waals surface area contributed by atoms with Crippen molar-refractivity contribution in [2.75, 3.05) is 26.2 Å². The minimum absolute atomic E-state index is 0.145. The third-order valence-electron chi connectivity index (χ3n) is 4.05. The zero-order valence-corrected chi connectivity index (χ0v) is 14.4. The van der Waals surface area contributed by atoms with Gasteiger partial charge in [-0.1, -0.05) is 6.92 Å². The van der Waals surface area contributed by atoms with Crippen molar-refractivity contribution in [3.8, 4) is 0 Å². The molecule has 2 rings (SSSR count). The van der Waals surface area contributed by atoms with Crippen molar-refractivity contribution in [2.45, 2.75) is 39.8 Å². The molecule has 0 aromatic carbocycles. The SMILES string of the molecule is CCN1CCN(C(=O)c2cc(Br)cn2C(C)C)CC1C. The molecule has 1 atom stereocenters. The molecule has 112 valence electrons. The Morgan fingerprint density at radius 1 is 1.45 bits per heavy atom. The van der Waals surface area contributed by atoms with E-state index >= 15 is 0 Å². The molecule has 2 heterocycles. The first-order valence-corrected chi connectivity index (χ1v) is 8.14. The number of amides is 1. The highest BCUT2D eigenvalue weighted by Crippen LogP contribution is 2.22. The smallest absolute Gasteiger partial charge is 0.270 e. The monoisotopic (exact) mass is 341 g/mol. The predicted molar refractivity (Wildman–Crippen MR) is 85.1 cm³/mol. The van der Waals surface area contributed by atoms with Gasteiger partial charge in [0.05, 0.1) is 0 Å². The summed E-state index contributed by atoms with van der Waals surface area (Å²) in [7, 11) is 0. The maximum atomic E-state index is 12.7. The molecule has 0 aliphatic carbocycles. The van der Waals surface area contributed by atoms with Crippen LogP contribution < -0.4 is 0 Å². The number of hydrogen-bond donors (Lipinski definition) is 0. The molecule has 0 radical (unpaired) electrons. The van der Waals surface area contributed by atoms with Gasteiger partial charge in [0.2, 0.25) is 0 Å². The second-order valence-electron chi connectivity index (χ2n) is 5.77. The largest absolute Gasteiger partial charge is 0.340 e. The number of hydrogen-bond acceptors (Lipinski definition) is 2. The molecule has 5 heteroatoms. The summed E-state index contributed by atoms with van der Waals surface area (Å²) in [5, 5.41) is 0. The zero-order chi connectivity index (χ0) is 14.9. The molecule has 1 aliphatic rings. The number of nitrogens with zero attached hydrogens (tertiary/aromatic N) is 3. The quantitative estimate of drug-likeness (QED) is 0.845. The van der Waals surface area contributed by atoms with Crippen LogP contribution in [0.1, 0.15) is 44.2 Å². The minimum Gasteiger partial charge on any atom is -0.340 e. The fourth-order valence-corrected chi connectivity index (χ4v) is 3.29. The highest BCUT2D eigenvalue weighted by Gasteiger charge is 2.28. The average Bonchev–Trinajstić information content (AvgIpc) is 2.80. The summed E-state index contributed by atoms with van der Waals surface area (Å²) in [5.74, 6) is 0.145. The summed E-state index contributed by atoms with van der Waals surface area (Å²) in [6.45, 7) is 12.2. The van der Waals surface area contributed by atoms with E-state index in [1.165, 1.54) is 0 Å². The Hall–Kier alpha value is -0.810. The fourth-order valence-electron chi connectivity index (χ4n) is 2.86. The topological polar surface area (TPSA) is 28.5 Å². The molecule has 0 N–H and O–H groups in total. The summed E-state index contributed by atoms with van der Waals surface area (Å²) in [4.78, 5) is 17.1. The fraction of sp³-hybridized carbons (Fsp3) is 0.667. The van der Waals surface area contributed by atoms with Crippen molar-refractivity contribution < 1.29 is 4.79 Å². The first-order valence-electron chi connectivity index (χ1n) is 7.34. The lowest BCUT2D eigenvalue weighted by molar-refractivity contribution is 0.0517. The summed E-state index contributed by atoms with van der Waals surface area (Å²) < 4.78 is 3.01. The van der Waals surface area contributed by atoms with E-state index in [0.29, 0.717) is 6.04 Å². The third kappa shape index (κ3) is 3.09. The Morgan fingerprint density at radius 3 is 2.70 bits per heavy atom.